The van der Waals surface area contributed by atoms with Crippen molar-refractivity contribution < 1.29 is 8.42 Å². The van der Waals surface area contributed by atoms with Crippen molar-refractivity contribution in [2.45, 2.75) is 18.1 Å². The first-order valence-electron chi connectivity index (χ1n) is 12.0. The molecule has 3 aromatic rings. The van der Waals surface area contributed by atoms with Crippen LogP contribution in [0.1, 0.15) is 12.8 Å². The van der Waals surface area contributed by atoms with Gasteiger partial charge in [-0.2, -0.15) is 4.31 Å². The minimum Gasteiger partial charge on any atom is -0.369 e. The van der Waals surface area contributed by atoms with Crippen molar-refractivity contribution in [3.63, 3.8) is 0 Å². The van der Waals surface area contributed by atoms with Crippen molar-refractivity contribution in [1.29, 1.82) is 0 Å². The van der Waals surface area contributed by atoms with Gasteiger partial charge in [-0.3, -0.25) is 0 Å². The van der Waals surface area contributed by atoms with E-state index in [-0.39, 0.29) is 5.25 Å². The van der Waals surface area contributed by atoms with Crippen LogP contribution < -0.4 is 9.80 Å². The Morgan fingerprint density at radius 1 is 0.882 bits per heavy atom. The fourth-order valence-electron chi connectivity index (χ4n) is 4.87. The molecule has 0 radical (unpaired) electrons. The second-order valence-electron chi connectivity index (χ2n) is 9.49. The highest BCUT2D eigenvalue weighted by atomic mass is 32.2. The topological polar surface area (TPSA) is 72.9 Å². The van der Waals surface area contributed by atoms with Crippen LogP contribution in [0.2, 0.25) is 0 Å². The number of likely N-dealkylation sites (N-methyl/N-ethyl adjacent to an activating group) is 1. The Kier molecular flexibility index (Phi) is 5.71. The predicted molar refractivity (Wildman–Crippen MR) is 138 cm³/mol. The third-order valence-electron chi connectivity index (χ3n) is 7.17. The lowest BCUT2D eigenvalue weighted by molar-refractivity contribution is 0.313. The Morgan fingerprint density at radius 2 is 1.56 bits per heavy atom. The Balaban J connectivity index is 1.20. The normalized spacial score (nSPS) is 20.9. The number of fused-ring (bicyclic) bond motifs is 1. The summed E-state index contributed by atoms with van der Waals surface area (Å²) in [5, 5.41) is 0.899. The molecule has 0 bridgehead atoms. The number of nitrogens with zero attached hydrogens (tertiary/aromatic N) is 6. The highest BCUT2D eigenvalue weighted by molar-refractivity contribution is 7.90. The molecule has 3 aliphatic rings. The molecule has 0 amide bonds. The van der Waals surface area contributed by atoms with Crippen molar-refractivity contribution in [2.75, 3.05) is 69.2 Å². The predicted octanol–water partition coefficient (Wildman–Crippen LogP) is 2.72. The lowest BCUT2D eigenvalue weighted by atomic mass is 10.1. The first-order valence-corrected chi connectivity index (χ1v) is 14.3. The minimum atomic E-state index is -3.11. The largest absolute Gasteiger partial charge is 0.369 e. The summed E-state index contributed by atoms with van der Waals surface area (Å²) in [4.78, 5) is 18.3. The average molecular weight is 499 g/mol. The van der Waals surface area contributed by atoms with Gasteiger partial charge in [0.25, 0.3) is 0 Å². The summed E-state index contributed by atoms with van der Waals surface area (Å²) in [5.41, 5.74) is 2.46. The highest BCUT2D eigenvalue weighted by Gasteiger charge is 2.41. The average Bonchev–Trinajstić information content (AvgIpc) is 3.64. The highest BCUT2D eigenvalue weighted by Crippen LogP contribution is 2.37. The zero-order valence-corrected chi connectivity index (χ0v) is 21.1. The number of benzene rings is 1. The lowest BCUT2D eigenvalue weighted by Gasteiger charge is -2.34. The van der Waals surface area contributed by atoms with Crippen LogP contribution in [0.5, 0.6) is 0 Å². The molecule has 4 heterocycles. The van der Waals surface area contributed by atoms with Gasteiger partial charge in [-0.15, -0.1) is 11.3 Å². The fraction of sp³-hybridized carbons (Fsp3) is 0.500. The SMILES string of the molecule is CN1CCN(c2ccc(-c3cc4c(N5CCN(S(=O)(=O)C6CC6)CC5)ncnc4s3)cc2)CC1. The first-order chi connectivity index (χ1) is 16.5. The van der Waals surface area contributed by atoms with Crippen LogP contribution in [0.3, 0.4) is 0 Å². The molecule has 2 aliphatic heterocycles. The van der Waals surface area contributed by atoms with Crippen molar-refractivity contribution >= 4 is 43.1 Å². The quantitative estimate of drug-likeness (QED) is 0.536. The van der Waals surface area contributed by atoms with Crippen LogP contribution in [0.25, 0.3) is 20.7 Å². The van der Waals surface area contributed by atoms with E-state index in [9.17, 15) is 8.42 Å². The van der Waals surface area contributed by atoms with Gasteiger partial charge >= 0.3 is 0 Å². The van der Waals surface area contributed by atoms with Gasteiger partial charge in [-0.1, -0.05) is 12.1 Å². The van der Waals surface area contributed by atoms with Crippen molar-refractivity contribution in [3.05, 3.63) is 36.7 Å². The van der Waals surface area contributed by atoms with Crippen LogP contribution in [-0.4, -0.2) is 92.2 Å². The van der Waals surface area contributed by atoms with Crippen LogP contribution in [-0.2, 0) is 10.0 Å². The zero-order valence-electron chi connectivity index (χ0n) is 19.4. The van der Waals surface area contributed by atoms with Gasteiger partial charge in [0, 0.05) is 62.9 Å². The van der Waals surface area contributed by atoms with Gasteiger partial charge in [-0.05, 0) is 43.7 Å². The van der Waals surface area contributed by atoms with Gasteiger partial charge in [0.05, 0.1) is 10.6 Å². The summed E-state index contributed by atoms with van der Waals surface area (Å²) in [6, 6.07) is 11.0. The molecule has 34 heavy (non-hydrogen) atoms. The number of rotatable bonds is 5. The molecule has 2 aromatic heterocycles. The summed E-state index contributed by atoms with van der Waals surface area (Å²) >= 11 is 1.68. The number of sulfonamides is 1. The molecule has 0 N–H and O–H groups in total. The van der Waals surface area contributed by atoms with E-state index in [0.717, 1.165) is 55.1 Å². The number of aromatic nitrogens is 2. The van der Waals surface area contributed by atoms with Gasteiger partial charge in [0.1, 0.15) is 17.0 Å². The molecule has 1 aromatic carbocycles. The molecule has 6 rings (SSSR count). The molecule has 1 aliphatic carbocycles. The number of piperazine rings is 2. The Bertz CT molecular complexity index is 1270. The summed E-state index contributed by atoms with van der Waals surface area (Å²) in [6.45, 7) is 6.68. The van der Waals surface area contributed by atoms with E-state index < -0.39 is 10.0 Å². The fourth-order valence-corrected chi connectivity index (χ4v) is 7.69. The van der Waals surface area contributed by atoms with Crippen LogP contribution >= 0.6 is 11.3 Å². The van der Waals surface area contributed by atoms with E-state index in [1.54, 1.807) is 22.0 Å². The maximum atomic E-state index is 12.6. The van der Waals surface area contributed by atoms with Gasteiger partial charge < -0.3 is 14.7 Å². The molecule has 2 saturated heterocycles. The number of thiophene rings is 1. The Labute approximate surface area is 204 Å². The third-order valence-corrected chi connectivity index (χ3v) is 10.7. The van der Waals surface area contributed by atoms with Gasteiger partial charge in [-0.25, -0.2) is 18.4 Å². The zero-order chi connectivity index (χ0) is 23.3. The summed E-state index contributed by atoms with van der Waals surface area (Å²) < 4.78 is 26.8. The number of hydrogen-bond donors (Lipinski definition) is 0. The first kappa shape index (κ1) is 22.2. The standard InChI is InChI=1S/C24H30N6O2S2/c1-27-8-10-28(11-9-27)19-4-2-18(3-5-19)22-16-21-23(25-17-26-24(21)33-22)29-12-14-30(15-13-29)34(31,32)20-6-7-20/h2-5,16-17,20H,6-15H2,1H3. The Morgan fingerprint density at radius 3 is 2.24 bits per heavy atom. The van der Waals surface area contributed by atoms with Gasteiger partial charge in [0.15, 0.2) is 0 Å². The lowest BCUT2D eigenvalue weighted by Crippen LogP contribution is -2.49. The third kappa shape index (κ3) is 4.17. The molecule has 8 nitrogen and oxygen atoms in total. The molecule has 180 valence electrons. The molecule has 1 saturated carbocycles. The van der Waals surface area contributed by atoms with Gasteiger partial charge in [0.2, 0.25) is 10.0 Å². The summed E-state index contributed by atoms with van der Waals surface area (Å²) in [5.74, 6) is 0.907. The molecule has 10 heteroatoms. The van der Waals surface area contributed by atoms with E-state index in [0.29, 0.717) is 26.2 Å². The summed E-state index contributed by atoms with van der Waals surface area (Å²) in [7, 11) is -0.938. The second-order valence-corrected chi connectivity index (χ2v) is 12.7. The molecular weight excluding hydrogens is 468 g/mol. The number of hydrogen-bond acceptors (Lipinski definition) is 8. The second kappa shape index (κ2) is 8.75. The molecule has 0 unspecified atom stereocenters. The number of anilines is 2. The minimum absolute atomic E-state index is 0.146. The Hall–Kier alpha value is -2.27. The van der Waals surface area contributed by atoms with E-state index in [1.165, 1.54) is 16.1 Å². The monoisotopic (exact) mass is 498 g/mol. The maximum Gasteiger partial charge on any atom is 0.217 e. The van der Waals surface area contributed by atoms with Crippen LogP contribution in [0.4, 0.5) is 11.5 Å². The van der Waals surface area contributed by atoms with E-state index in [2.05, 4.69) is 62.0 Å². The molecule has 0 spiro atoms. The maximum absolute atomic E-state index is 12.6. The van der Waals surface area contributed by atoms with Crippen LogP contribution in [0, 0.1) is 0 Å². The van der Waals surface area contributed by atoms with Crippen molar-refractivity contribution in [3.8, 4) is 10.4 Å². The molecular formula is C24H30N6O2S2. The molecule has 3 fully saturated rings. The van der Waals surface area contributed by atoms with E-state index in [4.69, 9.17) is 0 Å². The van der Waals surface area contributed by atoms with E-state index >= 15 is 0 Å². The smallest absolute Gasteiger partial charge is 0.217 e. The van der Waals surface area contributed by atoms with E-state index in [1.807, 2.05) is 0 Å². The van der Waals surface area contributed by atoms with Crippen molar-refractivity contribution in [1.82, 2.24) is 19.2 Å². The van der Waals surface area contributed by atoms with Crippen LogP contribution in [0.15, 0.2) is 36.7 Å². The summed E-state index contributed by atoms with van der Waals surface area (Å²) in [6.07, 6.45) is 3.24. The molecule has 0 atom stereocenters. The van der Waals surface area contributed by atoms with Crippen molar-refractivity contribution in [2.24, 2.45) is 0 Å².